The number of hydrogen-bond acceptors (Lipinski definition) is 4. The zero-order chi connectivity index (χ0) is 14.1. The highest BCUT2D eigenvalue weighted by Crippen LogP contribution is 2.07. The van der Waals surface area contributed by atoms with Crippen LogP contribution in [0.2, 0.25) is 0 Å². The van der Waals surface area contributed by atoms with Crippen LogP contribution < -0.4 is 10.1 Å². The fourth-order valence-corrected chi connectivity index (χ4v) is 1.20. The van der Waals surface area contributed by atoms with E-state index in [2.05, 4.69) is 5.32 Å². The van der Waals surface area contributed by atoms with Gasteiger partial charge < -0.3 is 19.9 Å². The van der Waals surface area contributed by atoms with E-state index in [1.807, 2.05) is 30.3 Å². The lowest BCUT2D eigenvalue weighted by molar-refractivity contribution is -0.150. The Morgan fingerprint density at radius 1 is 1.32 bits per heavy atom. The maximum atomic E-state index is 11.3. The summed E-state index contributed by atoms with van der Waals surface area (Å²) in [6, 6.07) is 9.23. The van der Waals surface area contributed by atoms with Gasteiger partial charge in [-0.2, -0.15) is 0 Å². The van der Waals surface area contributed by atoms with Crippen LogP contribution >= 0.6 is 0 Å². The summed E-state index contributed by atoms with van der Waals surface area (Å²) >= 11 is 0. The van der Waals surface area contributed by atoms with Crippen molar-refractivity contribution < 1.29 is 24.2 Å². The molecule has 0 aliphatic carbocycles. The number of rotatable bonds is 8. The van der Waals surface area contributed by atoms with Crippen molar-refractivity contribution in [2.75, 3.05) is 19.8 Å². The Morgan fingerprint density at radius 3 is 2.63 bits per heavy atom. The van der Waals surface area contributed by atoms with Crippen molar-refractivity contribution in [3.63, 3.8) is 0 Å². The Bertz CT molecular complexity index is 407. The number of carboxylic acids is 1. The van der Waals surface area contributed by atoms with E-state index in [-0.39, 0.29) is 12.5 Å². The first kappa shape index (κ1) is 15.0. The first-order valence-corrected chi connectivity index (χ1v) is 5.88. The van der Waals surface area contributed by atoms with Gasteiger partial charge in [0.15, 0.2) is 6.10 Å². The Morgan fingerprint density at radius 2 is 2.00 bits per heavy atom. The summed E-state index contributed by atoms with van der Waals surface area (Å²) < 4.78 is 10.2. The van der Waals surface area contributed by atoms with Gasteiger partial charge in [-0.3, -0.25) is 4.79 Å². The molecule has 1 aromatic carbocycles. The SMILES string of the molecule is C[C@H](OCC(=O)NCCOc1ccccc1)C(=O)O. The van der Waals surface area contributed by atoms with E-state index in [1.165, 1.54) is 6.92 Å². The van der Waals surface area contributed by atoms with Gasteiger partial charge in [-0.15, -0.1) is 0 Å². The maximum absolute atomic E-state index is 11.3. The summed E-state index contributed by atoms with van der Waals surface area (Å²) in [7, 11) is 0. The molecule has 19 heavy (non-hydrogen) atoms. The number of carbonyl (C=O) groups is 2. The van der Waals surface area contributed by atoms with Gasteiger partial charge in [-0.25, -0.2) is 4.79 Å². The summed E-state index contributed by atoms with van der Waals surface area (Å²) in [4.78, 5) is 21.7. The lowest BCUT2D eigenvalue weighted by Gasteiger charge is -2.09. The molecule has 1 amide bonds. The quantitative estimate of drug-likeness (QED) is 0.676. The van der Waals surface area contributed by atoms with Gasteiger partial charge in [0.25, 0.3) is 0 Å². The molecule has 0 saturated carbocycles. The lowest BCUT2D eigenvalue weighted by atomic mass is 10.3. The first-order valence-electron chi connectivity index (χ1n) is 5.88. The van der Waals surface area contributed by atoms with Crippen LogP contribution in [0.25, 0.3) is 0 Å². The van der Waals surface area contributed by atoms with Crippen molar-refractivity contribution in [2.24, 2.45) is 0 Å². The topological polar surface area (TPSA) is 84.9 Å². The summed E-state index contributed by atoms with van der Waals surface area (Å²) in [6.07, 6.45) is -0.994. The number of benzene rings is 1. The molecule has 0 aromatic heterocycles. The van der Waals surface area contributed by atoms with E-state index < -0.39 is 12.1 Å². The van der Waals surface area contributed by atoms with Crippen LogP contribution in [0.15, 0.2) is 30.3 Å². The number of para-hydroxylation sites is 1. The minimum absolute atomic E-state index is 0.279. The van der Waals surface area contributed by atoms with Crippen LogP contribution in [-0.2, 0) is 14.3 Å². The molecule has 0 saturated heterocycles. The van der Waals surface area contributed by atoms with Gasteiger partial charge in [0.05, 0.1) is 6.54 Å². The molecule has 0 heterocycles. The molecule has 1 atom stereocenters. The fourth-order valence-electron chi connectivity index (χ4n) is 1.20. The zero-order valence-corrected chi connectivity index (χ0v) is 10.7. The summed E-state index contributed by atoms with van der Waals surface area (Å²) in [5.74, 6) is -0.738. The van der Waals surface area contributed by atoms with Crippen LogP contribution in [-0.4, -0.2) is 42.8 Å². The molecule has 6 heteroatoms. The molecule has 0 unspecified atom stereocenters. The Hall–Kier alpha value is -2.08. The predicted octanol–water partition coefficient (Wildman–Crippen LogP) is 0.671. The largest absolute Gasteiger partial charge is 0.492 e. The monoisotopic (exact) mass is 267 g/mol. The minimum atomic E-state index is -1.10. The molecule has 0 bridgehead atoms. The van der Waals surface area contributed by atoms with Crippen molar-refractivity contribution in [3.8, 4) is 5.75 Å². The maximum Gasteiger partial charge on any atom is 0.332 e. The highest BCUT2D eigenvalue weighted by molar-refractivity contribution is 5.78. The number of amides is 1. The number of carbonyl (C=O) groups excluding carboxylic acids is 1. The zero-order valence-electron chi connectivity index (χ0n) is 10.7. The van der Waals surface area contributed by atoms with E-state index in [0.29, 0.717) is 13.2 Å². The third-order valence-corrected chi connectivity index (χ3v) is 2.25. The second kappa shape index (κ2) is 8.10. The lowest BCUT2D eigenvalue weighted by Crippen LogP contribution is -2.33. The van der Waals surface area contributed by atoms with Crippen LogP contribution in [0.5, 0.6) is 5.75 Å². The van der Waals surface area contributed by atoms with Gasteiger partial charge in [0, 0.05) is 0 Å². The summed E-state index contributed by atoms with van der Waals surface area (Å²) in [5, 5.41) is 11.1. The van der Waals surface area contributed by atoms with Gasteiger partial charge in [0.2, 0.25) is 5.91 Å². The average molecular weight is 267 g/mol. The number of carboxylic acid groups (broad SMARTS) is 1. The summed E-state index contributed by atoms with van der Waals surface area (Å²) in [6.45, 7) is 1.76. The molecular formula is C13H17NO5. The third-order valence-electron chi connectivity index (χ3n) is 2.25. The highest BCUT2D eigenvalue weighted by atomic mass is 16.5. The van der Waals surface area contributed by atoms with Crippen molar-refractivity contribution in [1.82, 2.24) is 5.32 Å². The minimum Gasteiger partial charge on any atom is -0.492 e. The Labute approximate surface area is 111 Å². The first-order chi connectivity index (χ1) is 9.09. The van der Waals surface area contributed by atoms with Gasteiger partial charge in [-0.05, 0) is 19.1 Å². The van der Waals surface area contributed by atoms with E-state index >= 15 is 0 Å². The van der Waals surface area contributed by atoms with Gasteiger partial charge >= 0.3 is 5.97 Å². The second-order valence-electron chi connectivity index (χ2n) is 3.80. The number of nitrogens with one attached hydrogen (secondary N) is 1. The van der Waals surface area contributed by atoms with E-state index in [1.54, 1.807) is 0 Å². The van der Waals surface area contributed by atoms with Crippen molar-refractivity contribution in [3.05, 3.63) is 30.3 Å². The van der Waals surface area contributed by atoms with E-state index in [9.17, 15) is 9.59 Å². The molecular weight excluding hydrogens is 250 g/mol. The van der Waals surface area contributed by atoms with E-state index in [4.69, 9.17) is 14.6 Å². The van der Waals surface area contributed by atoms with E-state index in [0.717, 1.165) is 5.75 Å². The van der Waals surface area contributed by atoms with Crippen molar-refractivity contribution >= 4 is 11.9 Å². The molecule has 0 spiro atoms. The van der Waals surface area contributed by atoms with Crippen molar-refractivity contribution in [1.29, 1.82) is 0 Å². The molecule has 104 valence electrons. The summed E-state index contributed by atoms with van der Waals surface area (Å²) in [5.41, 5.74) is 0. The van der Waals surface area contributed by atoms with Crippen LogP contribution in [0.4, 0.5) is 0 Å². The molecule has 0 radical (unpaired) electrons. The van der Waals surface area contributed by atoms with Gasteiger partial charge in [0.1, 0.15) is 19.0 Å². The molecule has 0 aliphatic rings. The van der Waals surface area contributed by atoms with Crippen LogP contribution in [0, 0.1) is 0 Å². The Balaban J connectivity index is 2.09. The van der Waals surface area contributed by atoms with Crippen molar-refractivity contribution in [2.45, 2.75) is 13.0 Å². The molecule has 2 N–H and O–H groups in total. The highest BCUT2D eigenvalue weighted by Gasteiger charge is 2.12. The molecule has 0 aliphatic heterocycles. The molecule has 1 aromatic rings. The molecule has 0 fully saturated rings. The van der Waals surface area contributed by atoms with Gasteiger partial charge in [-0.1, -0.05) is 18.2 Å². The average Bonchev–Trinajstić information content (AvgIpc) is 2.42. The van der Waals surface area contributed by atoms with Crippen LogP contribution in [0.1, 0.15) is 6.92 Å². The fraction of sp³-hybridized carbons (Fsp3) is 0.385. The standard InChI is InChI=1S/C13H17NO5/c1-10(13(16)17)19-9-12(15)14-7-8-18-11-5-3-2-4-6-11/h2-6,10H,7-9H2,1H3,(H,14,15)(H,16,17)/t10-/m0/s1. The molecule has 6 nitrogen and oxygen atoms in total. The number of ether oxygens (including phenoxy) is 2. The second-order valence-corrected chi connectivity index (χ2v) is 3.80. The smallest absolute Gasteiger partial charge is 0.332 e. The predicted molar refractivity (Wildman–Crippen MR) is 68.0 cm³/mol. The molecule has 1 rings (SSSR count). The number of aliphatic carboxylic acids is 1. The Kier molecular flexibility index (Phi) is 6.38. The normalized spacial score (nSPS) is 11.6. The van der Waals surface area contributed by atoms with Crippen LogP contribution in [0.3, 0.4) is 0 Å². The third kappa shape index (κ3) is 6.42. The number of hydrogen-bond donors (Lipinski definition) is 2.